The largest absolute Gasteiger partial charge is 0.382 e. The topological polar surface area (TPSA) is 102 Å². The molecule has 1 fully saturated rings. The number of nitrogens with zero attached hydrogens (tertiary/aromatic N) is 2. The smallest absolute Gasteiger partial charge is 0.314 e. The summed E-state index contributed by atoms with van der Waals surface area (Å²) in [5, 5.41) is 13.8. The molecule has 2 rings (SSSR count). The molecule has 3 N–H and O–H groups in total. The fourth-order valence-corrected chi connectivity index (χ4v) is 2.22. The van der Waals surface area contributed by atoms with E-state index in [-0.39, 0.29) is 6.04 Å². The lowest BCUT2D eigenvalue weighted by Crippen LogP contribution is -2.44. The second-order valence-electron chi connectivity index (χ2n) is 4.67. The van der Waals surface area contributed by atoms with E-state index in [1.807, 2.05) is 0 Å². The van der Waals surface area contributed by atoms with Gasteiger partial charge in [0.1, 0.15) is 0 Å². The zero-order valence-corrected chi connectivity index (χ0v) is 10.7. The normalized spacial score (nSPS) is 15.9. The van der Waals surface area contributed by atoms with Crippen LogP contribution in [-0.2, 0) is 0 Å². The third-order valence-corrected chi connectivity index (χ3v) is 3.32. The standard InChI is InChI=1S/C12H15FN4O3/c13-10-2-1-9(7-11(10)17(19)20)15-8-3-5-16(6-4-8)12(14)18/h1-2,7-8,15H,3-6H2,(H2,14,18). The van der Waals surface area contributed by atoms with Gasteiger partial charge < -0.3 is 16.0 Å². The number of nitro benzene ring substituents is 1. The summed E-state index contributed by atoms with van der Waals surface area (Å²) in [5.74, 6) is -0.857. The van der Waals surface area contributed by atoms with Crippen LogP contribution in [0, 0.1) is 15.9 Å². The third kappa shape index (κ3) is 3.14. The number of nitro groups is 1. The summed E-state index contributed by atoms with van der Waals surface area (Å²) in [6.07, 6.45) is 1.38. The number of piperidine rings is 1. The van der Waals surface area contributed by atoms with Gasteiger partial charge in [0.2, 0.25) is 5.82 Å². The lowest BCUT2D eigenvalue weighted by atomic mass is 10.0. The Morgan fingerprint density at radius 2 is 2.10 bits per heavy atom. The summed E-state index contributed by atoms with van der Waals surface area (Å²) in [6, 6.07) is 3.34. The first kappa shape index (κ1) is 14.0. The first-order valence-electron chi connectivity index (χ1n) is 6.22. The van der Waals surface area contributed by atoms with Gasteiger partial charge in [-0.1, -0.05) is 0 Å². The van der Waals surface area contributed by atoms with Crippen molar-refractivity contribution in [1.29, 1.82) is 0 Å². The van der Waals surface area contributed by atoms with Crippen molar-refractivity contribution in [3.63, 3.8) is 0 Å². The van der Waals surface area contributed by atoms with E-state index in [0.29, 0.717) is 31.6 Å². The van der Waals surface area contributed by atoms with E-state index in [0.717, 1.165) is 6.07 Å². The van der Waals surface area contributed by atoms with Crippen LogP contribution in [0.3, 0.4) is 0 Å². The number of hydrogen-bond acceptors (Lipinski definition) is 4. The van der Waals surface area contributed by atoms with Crippen LogP contribution in [-0.4, -0.2) is 35.0 Å². The molecule has 7 nitrogen and oxygen atoms in total. The quantitative estimate of drug-likeness (QED) is 0.650. The fraction of sp³-hybridized carbons (Fsp3) is 0.417. The van der Waals surface area contributed by atoms with Crippen LogP contribution in [0.4, 0.5) is 20.6 Å². The maximum atomic E-state index is 13.2. The second kappa shape index (κ2) is 5.72. The van der Waals surface area contributed by atoms with Crippen LogP contribution in [0.25, 0.3) is 0 Å². The third-order valence-electron chi connectivity index (χ3n) is 3.32. The summed E-state index contributed by atoms with van der Waals surface area (Å²) >= 11 is 0. The van der Waals surface area contributed by atoms with E-state index in [4.69, 9.17) is 5.73 Å². The molecule has 0 spiro atoms. The maximum absolute atomic E-state index is 13.2. The molecule has 0 saturated carbocycles. The predicted octanol–water partition coefficient (Wildman–Crippen LogP) is 1.69. The average Bonchev–Trinajstić information content (AvgIpc) is 2.41. The molecule has 1 saturated heterocycles. The summed E-state index contributed by atoms with van der Waals surface area (Å²) in [7, 11) is 0. The van der Waals surface area contributed by atoms with Gasteiger partial charge >= 0.3 is 11.7 Å². The Kier molecular flexibility index (Phi) is 4.02. The maximum Gasteiger partial charge on any atom is 0.314 e. The number of benzene rings is 1. The molecule has 1 aromatic carbocycles. The number of urea groups is 1. The molecule has 0 aromatic heterocycles. The molecule has 1 aliphatic heterocycles. The Morgan fingerprint density at radius 1 is 1.45 bits per heavy atom. The van der Waals surface area contributed by atoms with E-state index in [1.165, 1.54) is 12.1 Å². The molecule has 108 valence electrons. The van der Waals surface area contributed by atoms with Crippen LogP contribution in [0.1, 0.15) is 12.8 Å². The molecular formula is C12H15FN4O3. The Hall–Kier alpha value is -2.38. The first-order valence-corrected chi connectivity index (χ1v) is 6.22. The number of carbonyl (C=O) groups is 1. The van der Waals surface area contributed by atoms with Gasteiger partial charge in [0.15, 0.2) is 0 Å². The summed E-state index contributed by atoms with van der Waals surface area (Å²) < 4.78 is 13.2. The molecule has 0 atom stereocenters. The fourth-order valence-electron chi connectivity index (χ4n) is 2.22. The SMILES string of the molecule is NC(=O)N1CCC(Nc2ccc(F)c([N+](=O)[O-])c2)CC1. The van der Waals surface area contributed by atoms with Gasteiger partial charge in [0, 0.05) is 30.9 Å². The lowest BCUT2D eigenvalue weighted by Gasteiger charge is -2.31. The number of nitrogens with one attached hydrogen (secondary N) is 1. The van der Waals surface area contributed by atoms with E-state index in [1.54, 1.807) is 4.90 Å². The van der Waals surface area contributed by atoms with Gasteiger partial charge in [-0.2, -0.15) is 4.39 Å². The Labute approximate surface area is 114 Å². The Balaban J connectivity index is 1.99. The number of primary amides is 1. The van der Waals surface area contributed by atoms with Crippen LogP contribution in [0.15, 0.2) is 18.2 Å². The van der Waals surface area contributed by atoms with E-state index < -0.39 is 22.5 Å². The predicted molar refractivity (Wildman–Crippen MR) is 70.9 cm³/mol. The van der Waals surface area contributed by atoms with Crippen molar-refractivity contribution in [2.24, 2.45) is 5.73 Å². The number of rotatable bonds is 3. The molecule has 0 radical (unpaired) electrons. The Morgan fingerprint density at radius 3 is 2.65 bits per heavy atom. The minimum atomic E-state index is -0.857. The molecule has 20 heavy (non-hydrogen) atoms. The van der Waals surface area contributed by atoms with Crippen molar-refractivity contribution >= 4 is 17.4 Å². The second-order valence-corrected chi connectivity index (χ2v) is 4.67. The van der Waals surface area contributed by atoms with Gasteiger partial charge in [-0.15, -0.1) is 0 Å². The minimum absolute atomic E-state index is 0.0793. The highest BCUT2D eigenvalue weighted by Gasteiger charge is 2.22. The number of halogens is 1. The molecule has 2 amide bonds. The van der Waals surface area contributed by atoms with Gasteiger partial charge in [-0.25, -0.2) is 4.79 Å². The van der Waals surface area contributed by atoms with Crippen molar-refractivity contribution in [3.8, 4) is 0 Å². The summed E-state index contributed by atoms with van der Waals surface area (Å²) in [4.78, 5) is 22.4. The number of anilines is 1. The number of carbonyl (C=O) groups excluding carboxylic acids is 1. The van der Waals surface area contributed by atoms with Gasteiger partial charge in [-0.3, -0.25) is 10.1 Å². The molecular weight excluding hydrogens is 267 g/mol. The van der Waals surface area contributed by atoms with Crippen molar-refractivity contribution < 1.29 is 14.1 Å². The van der Waals surface area contributed by atoms with Crippen molar-refractivity contribution in [2.45, 2.75) is 18.9 Å². The molecule has 1 heterocycles. The van der Waals surface area contributed by atoms with Crippen molar-refractivity contribution in [3.05, 3.63) is 34.1 Å². The van der Waals surface area contributed by atoms with Gasteiger partial charge in [-0.05, 0) is 25.0 Å². The number of likely N-dealkylation sites (tertiary alicyclic amines) is 1. The summed E-state index contributed by atoms with van der Waals surface area (Å²) in [5.41, 5.74) is 5.13. The van der Waals surface area contributed by atoms with Crippen LogP contribution >= 0.6 is 0 Å². The van der Waals surface area contributed by atoms with Gasteiger partial charge in [0.05, 0.1) is 4.92 Å². The molecule has 0 bridgehead atoms. The van der Waals surface area contributed by atoms with Crippen molar-refractivity contribution in [1.82, 2.24) is 4.90 Å². The molecule has 1 aromatic rings. The van der Waals surface area contributed by atoms with Crippen LogP contribution in [0.5, 0.6) is 0 Å². The van der Waals surface area contributed by atoms with Crippen LogP contribution < -0.4 is 11.1 Å². The highest BCUT2D eigenvalue weighted by atomic mass is 19.1. The van der Waals surface area contributed by atoms with Gasteiger partial charge in [0.25, 0.3) is 0 Å². The van der Waals surface area contributed by atoms with Crippen LogP contribution in [0.2, 0.25) is 0 Å². The molecule has 1 aliphatic rings. The average molecular weight is 282 g/mol. The lowest BCUT2D eigenvalue weighted by molar-refractivity contribution is -0.387. The highest BCUT2D eigenvalue weighted by molar-refractivity contribution is 5.72. The number of hydrogen-bond donors (Lipinski definition) is 2. The molecule has 0 aliphatic carbocycles. The zero-order valence-electron chi connectivity index (χ0n) is 10.7. The van der Waals surface area contributed by atoms with E-state index in [2.05, 4.69) is 5.32 Å². The minimum Gasteiger partial charge on any atom is -0.382 e. The summed E-state index contributed by atoms with van der Waals surface area (Å²) in [6.45, 7) is 1.08. The number of amides is 2. The Bertz CT molecular complexity index is 529. The monoisotopic (exact) mass is 282 g/mol. The van der Waals surface area contributed by atoms with E-state index >= 15 is 0 Å². The first-order chi connectivity index (χ1) is 9.47. The molecule has 0 unspecified atom stereocenters. The highest BCUT2D eigenvalue weighted by Crippen LogP contribution is 2.23. The van der Waals surface area contributed by atoms with Crippen molar-refractivity contribution in [2.75, 3.05) is 18.4 Å². The zero-order chi connectivity index (χ0) is 14.7. The molecule has 8 heteroatoms. The van der Waals surface area contributed by atoms with E-state index in [9.17, 15) is 19.3 Å². The number of nitrogens with two attached hydrogens (primary N) is 1.